The van der Waals surface area contributed by atoms with Crippen LogP contribution in [0, 0.1) is 58.4 Å². The Bertz CT molecular complexity index is 1170. The van der Waals surface area contributed by atoms with E-state index in [1.54, 1.807) is 0 Å². The standard InChI is InChI=1S/C30H34F8O3/c1-3-5-6-7-8-9-10-11-16-12-14-17(15-13-16)30(39)41-29-26(37)22(33)19(23(34)27(29)38)18-20(31)24(35)28(40-4-2)25(36)21(18)32/h16-17H,3-15H2,1-2H3. The van der Waals surface area contributed by atoms with E-state index in [0.717, 1.165) is 19.3 Å². The molecule has 1 aliphatic carbocycles. The molecule has 41 heavy (non-hydrogen) atoms. The Morgan fingerprint density at radius 1 is 0.610 bits per heavy atom. The maximum atomic E-state index is 14.9. The van der Waals surface area contributed by atoms with Crippen molar-refractivity contribution in [1.82, 2.24) is 0 Å². The van der Waals surface area contributed by atoms with Gasteiger partial charge >= 0.3 is 5.97 Å². The van der Waals surface area contributed by atoms with Crippen LogP contribution in [0.1, 0.15) is 90.9 Å². The van der Waals surface area contributed by atoms with E-state index in [0.29, 0.717) is 31.6 Å². The fraction of sp³-hybridized carbons (Fsp3) is 0.567. The van der Waals surface area contributed by atoms with Gasteiger partial charge in [0.25, 0.3) is 0 Å². The van der Waals surface area contributed by atoms with Crippen molar-refractivity contribution in [3.8, 4) is 22.6 Å². The van der Waals surface area contributed by atoms with Gasteiger partial charge in [0, 0.05) is 0 Å². The minimum atomic E-state index is -2.40. The second-order valence-corrected chi connectivity index (χ2v) is 10.4. The van der Waals surface area contributed by atoms with Gasteiger partial charge in [-0.25, -0.2) is 17.6 Å². The van der Waals surface area contributed by atoms with Crippen molar-refractivity contribution < 1.29 is 49.4 Å². The van der Waals surface area contributed by atoms with Gasteiger partial charge in [0.15, 0.2) is 29.0 Å². The van der Waals surface area contributed by atoms with Crippen molar-refractivity contribution in [3.63, 3.8) is 0 Å². The summed E-state index contributed by atoms with van der Waals surface area (Å²) in [5.74, 6) is -23.1. The third-order valence-corrected chi connectivity index (χ3v) is 7.58. The number of hydrogen-bond acceptors (Lipinski definition) is 3. The van der Waals surface area contributed by atoms with E-state index in [9.17, 15) is 39.9 Å². The van der Waals surface area contributed by atoms with Crippen LogP contribution in [0.25, 0.3) is 11.1 Å². The Balaban J connectivity index is 1.72. The first kappa shape index (κ1) is 32.7. The minimum Gasteiger partial charge on any atom is -0.488 e. The van der Waals surface area contributed by atoms with Crippen molar-refractivity contribution in [2.24, 2.45) is 11.8 Å². The molecule has 0 N–H and O–H groups in total. The highest BCUT2D eigenvalue weighted by Gasteiger charge is 2.37. The average Bonchev–Trinajstić information content (AvgIpc) is 2.97. The SMILES string of the molecule is CCCCCCCCCC1CCC(C(=O)Oc2c(F)c(F)c(-c3c(F)c(F)c(OCC)c(F)c3F)c(F)c2F)CC1. The molecule has 0 bridgehead atoms. The van der Waals surface area contributed by atoms with Crippen molar-refractivity contribution in [3.05, 3.63) is 46.5 Å². The molecule has 3 rings (SSSR count). The number of unbranched alkanes of at least 4 members (excludes halogenated alkanes) is 6. The molecule has 0 heterocycles. The third-order valence-electron chi connectivity index (χ3n) is 7.58. The second kappa shape index (κ2) is 14.9. The molecule has 0 aliphatic heterocycles. The molecule has 0 radical (unpaired) electrons. The molecule has 0 aromatic heterocycles. The Hall–Kier alpha value is -2.85. The highest BCUT2D eigenvalue weighted by atomic mass is 19.2. The highest BCUT2D eigenvalue weighted by Crippen LogP contribution is 2.42. The summed E-state index contributed by atoms with van der Waals surface area (Å²) in [6, 6.07) is 0. The van der Waals surface area contributed by atoms with Crippen LogP contribution < -0.4 is 9.47 Å². The Morgan fingerprint density at radius 2 is 1.05 bits per heavy atom. The zero-order valence-corrected chi connectivity index (χ0v) is 23.1. The van der Waals surface area contributed by atoms with Crippen molar-refractivity contribution >= 4 is 5.97 Å². The molecular weight excluding hydrogens is 560 g/mol. The molecule has 1 saturated carbocycles. The van der Waals surface area contributed by atoms with Gasteiger partial charge in [0.2, 0.25) is 29.0 Å². The largest absolute Gasteiger partial charge is 0.488 e. The lowest BCUT2D eigenvalue weighted by molar-refractivity contribution is -0.140. The van der Waals surface area contributed by atoms with E-state index in [1.807, 2.05) is 0 Å². The first-order valence-corrected chi connectivity index (χ1v) is 14.1. The summed E-state index contributed by atoms with van der Waals surface area (Å²) in [6.07, 6.45) is 11.3. The molecule has 1 fully saturated rings. The highest BCUT2D eigenvalue weighted by molar-refractivity contribution is 5.76. The molecule has 2 aromatic rings. The molecule has 2 aromatic carbocycles. The first-order valence-electron chi connectivity index (χ1n) is 14.1. The van der Waals surface area contributed by atoms with Crippen LogP contribution in [0.2, 0.25) is 0 Å². The molecule has 228 valence electrons. The predicted octanol–water partition coefficient (Wildman–Crippen LogP) is 9.72. The zero-order valence-electron chi connectivity index (χ0n) is 23.1. The third kappa shape index (κ3) is 7.33. The molecular formula is C30H34F8O3. The van der Waals surface area contributed by atoms with Gasteiger partial charge in [-0.3, -0.25) is 4.79 Å². The predicted molar refractivity (Wildman–Crippen MR) is 136 cm³/mol. The molecule has 0 saturated heterocycles. The summed E-state index contributed by atoms with van der Waals surface area (Å²) in [5, 5.41) is 0. The fourth-order valence-corrected chi connectivity index (χ4v) is 5.28. The lowest BCUT2D eigenvalue weighted by atomic mass is 9.79. The molecule has 0 atom stereocenters. The Kier molecular flexibility index (Phi) is 11.8. The quantitative estimate of drug-likeness (QED) is 0.0762. The molecule has 0 unspecified atom stereocenters. The number of carbonyl (C=O) groups excluding carboxylic acids is 1. The van der Waals surface area contributed by atoms with E-state index >= 15 is 0 Å². The number of benzene rings is 2. The average molecular weight is 595 g/mol. The Labute approximate surface area is 234 Å². The van der Waals surface area contributed by atoms with E-state index in [2.05, 4.69) is 16.4 Å². The Morgan fingerprint density at radius 3 is 1.51 bits per heavy atom. The van der Waals surface area contributed by atoms with Crippen molar-refractivity contribution in [2.75, 3.05) is 6.61 Å². The number of ether oxygens (including phenoxy) is 2. The number of halogens is 8. The van der Waals surface area contributed by atoms with Crippen molar-refractivity contribution in [1.29, 1.82) is 0 Å². The molecule has 1 aliphatic rings. The van der Waals surface area contributed by atoms with Crippen LogP contribution in [-0.2, 0) is 4.79 Å². The summed E-state index contributed by atoms with van der Waals surface area (Å²) in [4.78, 5) is 12.6. The smallest absolute Gasteiger partial charge is 0.314 e. The van der Waals surface area contributed by atoms with E-state index in [1.165, 1.54) is 39.0 Å². The summed E-state index contributed by atoms with van der Waals surface area (Å²) in [7, 11) is 0. The number of rotatable bonds is 13. The number of esters is 1. The van der Waals surface area contributed by atoms with Crippen LogP contribution in [0.3, 0.4) is 0 Å². The lowest BCUT2D eigenvalue weighted by Gasteiger charge is -2.27. The van der Waals surface area contributed by atoms with Crippen LogP contribution in [0.15, 0.2) is 0 Å². The van der Waals surface area contributed by atoms with Crippen LogP contribution >= 0.6 is 0 Å². The zero-order chi connectivity index (χ0) is 30.3. The first-order chi connectivity index (χ1) is 19.5. The molecule has 11 heteroatoms. The van der Waals surface area contributed by atoms with Gasteiger partial charge in [-0.2, -0.15) is 17.6 Å². The second-order valence-electron chi connectivity index (χ2n) is 10.4. The summed E-state index contributed by atoms with van der Waals surface area (Å²) < 4.78 is 126. The topological polar surface area (TPSA) is 35.5 Å². The number of hydrogen-bond donors (Lipinski definition) is 0. The summed E-state index contributed by atoms with van der Waals surface area (Å²) in [5.41, 5.74) is -4.06. The van der Waals surface area contributed by atoms with E-state index in [-0.39, 0.29) is 0 Å². The lowest BCUT2D eigenvalue weighted by Crippen LogP contribution is -2.26. The van der Waals surface area contributed by atoms with Crippen LogP contribution in [0.4, 0.5) is 35.1 Å². The van der Waals surface area contributed by atoms with Gasteiger partial charge in [0.05, 0.1) is 23.7 Å². The molecule has 0 amide bonds. The van der Waals surface area contributed by atoms with E-state index < -0.39 is 87.7 Å². The van der Waals surface area contributed by atoms with Gasteiger partial charge in [-0.15, -0.1) is 0 Å². The van der Waals surface area contributed by atoms with Crippen LogP contribution in [-0.4, -0.2) is 12.6 Å². The van der Waals surface area contributed by atoms with E-state index in [4.69, 9.17) is 0 Å². The maximum Gasteiger partial charge on any atom is 0.314 e. The fourth-order valence-electron chi connectivity index (χ4n) is 5.28. The molecule has 3 nitrogen and oxygen atoms in total. The van der Waals surface area contributed by atoms with Gasteiger partial charge in [0.1, 0.15) is 0 Å². The summed E-state index contributed by atoms with van der Waals surface area (Å²) >= 11 is 0. The number of carbonyl (C=O) groups is 1. The summed E-state index contributed by atoms with van der Waals surface area (Å²) in [6.45, 7) is 2.99. The minimum absolute atomic E-state index is 0.355. The molecule has 0 spiro atoms. The van der Waals surface area contributed by atoms with Gasteiger partial charge < -0.3 is 9.47 Å². The normalized spacial score (nSPS) is 17.1. The van der Waals surface area contributed by atoms with Gasteiger partial charge in [-0.1, -0.05) is 58.3 Å². The monoisotopic (exact) mass is 594 g/mol. The van der Waals surface area contributed by atoms with Gasteiger partial charge in [-0.05, 0) is 38.5 Å². The van der Waals surface area contributed by atoms with Crippen LogP contribution in [0.5, 0.6) is 11.5 Å². The van der Waals surface area contributed by atoms with Crippen molar-refractivity contribution in [2.45, 2.75) is 90.9 Å². The maximum absolute atomic E-state index is 14.9.